The Morgan fingerprint density at radius 1 is 1.06 bits per heavy atom. The quantitative estimate of drug-likeness (QED) is 0.729. The van der Waals surface area contributed by atoms with Crippen molar-refractivity contribution in [2.24, 2.45) is 5.41 Å². The first kappa shape index (κ1) is 14.5. The van der Waals surface area contributed by atoms with E-state index in [9.17, 15) is 4.79 Å². The summed E-state index contributed by atoms with van der Waals surface area (Å²) in [5.74, 6) is 0.203. The van der Waals surface area contributed by atoms with E-state index in [1.807, 2.05) is 14.1 Å². The van der Waals surface area contributed by atoms with Gasteiger partial charge in [0.2, 0.25) is 5.91 Å². The normalized spacial score (nSPS) is 19.4. The molecule has 0 saturated carbocycles. The zero-order valence-corrected chi connectivity index (χ0v) is 12.0. The third kappa shape index (κ3) is 5.50. The van der Waals surface area contributed by atoms with E-state index in [0.717, 1.165) is 32.7 Å². The molecule has 0 aliphatic carbocycles. The molecule has 1 aliphatic heterocycles. The summed E-state index contributed by atoms with van der Waals surface area (Å²) < 4.78 is 0. The van der Waals surface area contributed by atoms with E-state index in [-0.39, 0.29) is 5.91 Å². The molecule has 1 heterocycles. The van der Waals surface area contributed by atoms with E-state index >= 15 is 0 Å². The van der Waals surface area contributed by atoms with E-state index in [1.165, 1.54) is 0 Å². The number of rotatable bonds is 3. The van der Waals surface area contributed by atoms with Gasteiger partial charge in [0, 0.05) is 46.8 Å². The molecule has 1 aliphatic rings. The standard InChI is InChI=1S/C13H27N3O/c1-13(2,3)11-16-8-6-15(7-9-16)10-12(17)14(4)5/h6-11H2,1-5H3. The highest BCUT2D eigenvalue weighted by Crippen LogP contribution is 2.16. The summed E-state index contributed by atoms with van der Waals surface area (Å²) in [4.78, 5) is 18.0. The van der Waals surface area contributed by atoms with Crippen LogP contribution in [0.2, 0.25) is 0 Å². The van der Waals surface area contributed by atoms with Crippen LogP contribution in [-0.4, -0.2) is 74.0 Å². The van der Waals surface area contributed by atoms with Crippen LogP contribution in [0.15, 0.2) is 0 Å². The third-order valence-corrected chi connectivity index (χ3v) is 3.02. The molecular weight excluding hydrogens is 214 g/mol. The van der Waals surface area contributed by atoms with Crippen LogP contribution in [0.1, 0.15) is 20.8 Å². The SMILES string of the molecule is CN(C)C(=O)CN1CCN(CC(C)(C)C)CC1. The fourth-order valence-corrected chi connectivity index (χ4v) is 2.11. The summed E-state index contributed by atoms with van der Waals surface area (Å²) in [6, 6.07) is 0. The fraction of sp³-hybridized carbons (Fsp3) is 0.923. The molecule has 0 N–H and O–H groups in total. The largest absolute Gasteiger partial charge is 0.348 e. The maximum Gasteiger partial charge on any atom is 0.236 e. The van der Waals surface area contributed by atoms with Crippen LogP contribution >= 0.6 is 0 Å². The van der Waals surface area contributed by atoms with Gasteiger partial charge in [-0.2, -0.15) is 0 Å². The number of likely N-dealkylation sites (N-methyl/N-ethyl adjacent to an activating group) is 1. The van der Waals surface area contributed by atoms with Crippen LogP contribution in [0.5, 0.6) is 0 Å². The molecule has 0 atom stereocenters. The summed E-state index contributed by atoms with van der Waals surface area (Å²) in [6.45, 7) is 12.7. The van der Waals surface area contributed by atoms with Crippen molar-refractivity contribution in [1.82, 2.24) is 14.7 Å². The Labute approximate surface area is 106 Å². The molecule has 0 bridgehead atoms. The van der Waals surface area contributed by atoms with Crippen LogP contribution in [0.3, 0.4) is 0 Å². The highest BCUT2D eigenvalue weighted by molar-refractivity contribution is 5.77. The van der Waals surface area contributed by atoms with E-state index in [4.69, 9.17) is 0 Å². The Hall–Kier alpha value is -0.610. The lowest BCUT2D eigenvalue weighted by Crippen LogP contribution is -2.50. The Morgan fingerprint density at radius 3 is 1.94 bits per heavy atom. The van der Waals surface area contributed by atoms with E-state index in [1.54, 1.807) is 4.90 Å². The molecule has 17 heavy (non-hydrogen) atoms. The minimum atomic E-state index is 0.203. The van der Waals surface area contributed by atoms with Gasteiger partial charge in [-0.1, -0.05) is 20.8 Å². The van der Waals surface area contributed by atoms with E-state index in [2.05, 4.69) is 30.6 Å². The molecule has 0 unspecified atom stereocenters. The number of nitrogens with zero attached hydrogens (tertiary/aromatic N) is 3. The van der Waals surface area contributed by atoms with Gasteiger partial charge in [-0.25, -0.2) is 0 Å². The van der Waals surface area contributed by atoms with Crippen molar-refractivity contribution in [2.75, 3.05) is 53.4 Å². The number of amides is 1. The molecule has 1 fully saturated rings. The van der Waals surface area contributed by atoms with Crippen molar-refractivity contribution in [3.8, 4) is 0 Å². The average molecular weight is 241 g/mol. The molecule has 1 saturated heterocycles. The summed E-state index contributed by atoms with van der Waals surface area (Å²) in [7, 11) is 3.64. The van der Waals surface area contributed by atoms with E-state index in [0.29, 0.717) is 12.0 Å². The van der Waals surface area contributed by atoms with Crippen LogP contribution in [0, 0.1) is 5.41 Å². The van der Waals surface area contributed by atoms with Crippen molar-refractivity contribution in [1.29, 1.82) is 0 Å². The van der Waals surface area contributed by atoms with Gasteiger partial charge in [0.1, 0.15) is 0 Å². The van der Waals surface area contributed by atoms with E-state index < -0.39 is 0 Å². The minimum Gasteiger partial charge on any atom is -0.348 e. The first-order valence-corrected chi connectivity index (χ1v) is 6.43. The van der Waals surface area contributed by atoms with Crippen LogP contribution < -0.4 is 0 Å². The second kappa shape index (κ2) is 5.83. The Bertz CT molecular complexity index is 250. The Kier molecular flexibility index (Phi) is 4.95. The summed E-state index contributed by atoms with van der Waals surface area (Å²) in [5.41, 5.74) is 0.363. The monoisotopic (exact) mass is 241 g/mol. The van der Waals surface area contributed by atoms with Crippen LogP contribution in [0.4, 0.5) is 0 Å². The maximum atomic E-state index is 11.6. The molecule has 0 aromatic carbocycles. The van der Waals surface area contributed by atoms with Crippen molar-refractivity contribution < 1.29 is 4.79 Å². The van der Waals surface area contributed by atoms with Gasteiger partial charge in [-0.15, -0.1) is 0 Å². The van der Waals surface area contributed by atoms with Crippen LogP contribution in [0.25, 0.3) is 0 Å². The van der Waals surface area contributed by atoms with Gasteiger partial charge >= 0.3 is 0 Å². The third-order valence-electron chi connectivity index (χ3n) is 3.02. The molecule has 1 rings (SSSR count). The maximum absolute atomic E-state index is 11.6. The Balaban J connectivity index is 2.29. The molecule has 100 valence electrons. The van der Waals surface area contributed by atoms with Crippen molar-refractivity contribution in [2.45, 2.75) is 20.8 Å². The molecule has 1 amide bonds. The number of carbonyl (C=O) groups excluding carboxylic acids is 1. The lowest BCUT2D eigenvalue weighted by Gasteiger charge is -2.37. The van der Waals surface area contributed by atoms with Crippen molar-refractivity contribution in [3.05, 3.63) is 0 Å². The molecule has 0 radical (unpaired) electrons. The fourth-order valence-electron chi connectivity index (χ4n) is 2.11. The molecule has 4 heteroatoms. The zero-order valence-electron chi connectivity index (χ0n) is 12.0. The van der Waals surface area contributed by atoms with Crippen molar-refractivity contribution >= 4 is 5.91 Å². The highest BCUT2D eigenvalue weighted by Gasteiger charge is 2.22. The predicted octanol–water partition coefficient (Wildman–Crippen LogP) is 0.738. The molecule has 0 spiro atoms. The highest BCUT2D eigenvalue weighted by atomic mass is 16.2. The van der Waals surface area contributed by atoms with Gasteiger partial charge in [-0.3, -0.25) is 9.69 Å². The topological polar surface area (TPSA) is 26.8 Å². The molecule has 4 nitrogen and oxygen atoms in total. The first-order valence-electron chi connectivity index (χ1n) is 6.43. The number of carbonyl (C=O) groups is 1. The molecule has 0 aromatic heterocycles. The van der Waals surface area contributed by atoms with Gasteiger partial charge < -0.3 is 9.80 Å². The average Bonchev–Trinajstić information content (AvgIpc) is 2.18. The van der Waals surface area contributed by atoms with Gasteiger partial charge in [0.25, 0.3) is 0 Å². The predicted molar refractivity (Wildman–Crippen MR) is 71.0 cm³/mol. The van der Waals surface area contributed by atoms with Crippen molar-refractivity contribution in [3.63, 3.8) is 0 Å². The minimum absolute atomic E-state index is 0.203. The lowest BCUT2D eigenvalue weighted by atomic mass is 9.96. The lowest BCUT2D eigenvalue weighted by molar-refractivity contribution is -0.130. The number of hydrogen-bond donors (Lipinski definition) is 0. The summed E-state index contributed by atoms with van der Waals surface area (Å²) in [6.07, 6.45) is 0. The second-order valence-corrected chi connectivity index (χ2v) is 6.40. The zero-order chi connectivity index (χ0) is 13.1. The smallest absolute Gasteiger partial charge is 0.236 e. The second-order valence-electron chi connectivity index (χ2n) is 6.40. The summed E-state index contributed by atoms with van der Waals surface area (Å²) >= 11 is 0. The number of hydrogen-bond acceptors (Lipinski definition) is 3. The van der Waals surface area contributed by atoms with Crippen LogP contribution in [-0.2, 0) is 4.79 Å². The number of piperazine rings is 1. The summed E-state index contributed by atoms with van der Waals surface area (Å²) in [5, 5.41) is 0. The Morgan fingerprint density at radius 2 is 1.53 bits per heavy atom. The van der Waals surface area contributed by atoms with Gasteiger partial charge in [-0.05, 0) is 5.41 Å². The van der Waals surface area contributed by atoms with Gasteiger partial charge in [0.05, 0.1) is 6.54 Å². The van der Waals surface area contributed by atoms with Gasteiger partial charge in [0.15, 0.2) is 0 Å². The first-order chi connectivity index (χ1) is 7.78. The molecular formula is C13H27N3O. The molecule has 0 aromatic rings.